The number of hydrogen-bond acceptors (Lipinski definition) is 0. The average molecular weight is 209 g/mol. The van der Waals surface area contributed by atoms with E-state index in [0.29, 0.717) is 0 Å². The van der Waals surface area contributed by atoms with E-state index in [1.165, 1.54) is 38.5 Å². The molecule has 0 saturated carbocycles. The molecule has 0 rings (SSSR count). The van der Waals surface area contributed by atoms with E-state index in [4.69, 9.17) is 0 Å². The molecule has 1 heteroatoms. The third kappa shape index (κ3) is 13.5. The lowest BCUT2D eigenvalue weighted by Gasteiger charge is -1.97. The van der Waals surface area contributed by atoms with Crippen molar-refractivity contribution in [3.05, 3.63) is 0 Å². The van der Waals surface area contributed by atoms with Gasteiger partial charge in [0.1, 0.15) is 0 Å². The average Bonchev–Trinajstić information content (AvgIpc) is 2.26. The van der Waals surface area contributed by atoms with Crippen LogP contribution in [0, 0.1) is 11.8 Å². The molecular weight excluding hydrogens is 184 g/mol. The highest BCUT2D eigenvalue weighted by Gasteiger charge is 1.89. The van der Waals surface area contributed by atoms with Gasteiger partial charge in [0.05, 0.1) is 6.61 Å². The Hall–Kier alpha value is -0.480. The smallest absolute Gasteiger partial charge is 0.0822 e. The van der Waals surface area contributed by atoms with Crippen LogP contribution in [0.4, 0.5) is 0 Å². The van der Waals surface area contributed by atoms with Crippen molar-refractivity contribution in [1.82, 2.24) is 0 Å². The summed E-state index contributed by atoms with van der Waals surface area (Å²) in [7, 11) is 0. The monoisotopic (exact) mass is 209 g/mol. The van der Waals surface area contributed by atoms with Gasteiger partial charge in [0.15, 0.2) is 0 Å². The lowest BCUT2D eigenvalue weighted by Crippen LogP contribution is -1.82. The van der Waals surface area contributed by atoms with E-state index in [0.717, 1.165) is 25.7 Å². The lowest BCUT2D eigenvalue weighted by molar-refractivity contribution is 0.186. The molecule has 0 aliphatic rings. The normalized spacial score (nSPS) is 9.73. The molecule has 0 atom stereocenters. The highest BCUT2D eigenvalue weighted by molar-refractivity contribution is 4.98. The zero-order valence-electron chi connectivity index (χ0n) is 10.2. The highest BCUT2D eigenvalue weighted by Crippen LogP contribution is 2.06. The van der Waals surface area contributed by atoms with Gasteiger partial charge in [-0.2, -0.15) is 0 Å². The second-order valence-electron chi connectivity index (χ2n) is 4.03. The summed E-state index contributed by atoms with van der Waals surface area (Å²) in [5.41, 5.74) is 0. The molecule has 1 radical (unpaired) electrons. The molecule has 0 bridgehead atoms. The zero-order valence-corrected chi connectivity index (χ0v) is 10.2. The molecule has 0 saturated heterocycles. The molecule has 0 aliphatic carbocycles. The predicted octanol–water partition coefficient (Wildman–Crippen LogP) is 4.34. The van der Waals surface area contributed by atoms with Gasteiger partial charge in [0.2, 0.25) is 0 Å². The van der Waals surface area contributed by atoms with Crippen molar-refractivity contribution >= 4 is 0 Å². The van der Waals surface area contributed by atoms with Crippen molar-refractivity contribution in [1.29, 1.82) is 0 Å². The Kier molecular flexibility index (Phi) is 13.1. The van der Waals surface area contributed by atoms with Crippen molar-refractivity contribution in [3.8, 4) is 11.8 Å². The van der Waals surface area contributed by atoms with Crippen molar-refractivity contribution in [2.45, 2.75) is 71.1 Å². The Morgan fingerprint density at radius 3 is 1.87 bits per heavy atom. The third-order valence-electron chi connectivity index (χ3n) is 2.48. The third-order valence-corrected chi connectivity index (χ3v) is 2.48. The summed E-state index contributed by atoms with van der Waals surface area (Å²) in [5.74, 6) is 6.43. The van der Waals surface area contributed by atoms with Crippen molar-refractivity contribution < 1.29 is 5.11 Å². The summed E-state index contributed by atoms with van der Waals surface area (Å²) in [6, 6.07) is 0. The van der Waals surface area contributed by atoms with Crippen molar-refractivity contribution in [2.24, 2.45) is 0 Å². The Morgan fingerprint density at radius 2 is 1.27 bits per heavy atom. The minimum atomic E-state index is 0.100. The Morgan fingerprint density at radius 1 is 0.733 bits per heavy atom. The number of hydrogen-bond donors (Lipinski definition) is 0. The maximum absolute atomic E-state index is 10.2. The first-order chi connectivity index (χ1) is 7.41. The SMILES string of the molecule is CCCCC#CCCCCCCCC[O]. The summed E-state index contributed by atoms with van der Waals surface area (Å²) < 4.78 is 0. The maximum Gasteiger partial charge on any atom is 0.0822 e. The van der Waals surface area contributed by atoms with Crippen LogP contribution in [0.2, 0.25) is 0 Å². The Balaban J connectivity index is 2.99. The van der Waals surface area contributed by atoms with Gasteiger partial charge in [-0.15, -0.1) is 11.8 Å². The molecule has 0 fully saturated rings. The molecule has 0 spiro atoms. The van der Waals surface area contributed by atoms with Crippen LogP contribution in [0.25, 0.3) is 0 Å². The fourth-order valence-electron chi connectivity index (χ4n) is 1.46. The quantitative estimate of drug-likeness (QED) is 0.397. The van der Waals surface area contributed by atoms with Gasteiger partial charge in [0, 0.05) is 12.8 Å². The highest BCUT2D eigenvalue weighted by atomic mass is 16.2. The largest absolute Gasteiger partial charge is 0.237 e. The molecule has 0 heterocycles. The molecule has 0 aliphatic heterocycles. The standard InChI is InChI=1S/C14H25O/c1-2-3-4-5-6-7-8-9-10-11-12-13-14-15/h2-4,7-14H2,1H3. The summed E-state index contributed by atoms with van der Waals surface area (Å²) in [5, 5.41) is 10.2. The Bertz CT molecular complexity index is 164. The number of unbranched alkanes of at least 4 members (excludes halogenated alkanes) is 8. The molecular formula is C14H25O. The van der Waals surface area contributed by atoms with Gasteiger partial charge in [-0.05, 0) is 19.3 Å². The van der Waals surface area contributed by atoms with Crippen LogP contribution in [0.1, 0.15) is 71.1 Å². The van der Waals surface area contributed by atoms with Crippen LogP contribution in [0.3, 0.4) is 0 Å². The van der Waals surface area contributed by atoms with E-state index < -0.39 is 0 Å². The van der Waals surface area contributed by atoms with Crippen LogP contribution in [-0.2, 0) is 5.11 Å². The summed E-state index contributed by atoms with van der Waals surface area (Å²) >= 11 is 0. The van der Waals surface area contributed by atoms with Crippen LogP contribution in [-0.4, -0.2) is 6.61 Å². The summed E-state index contributed by atoms with van der Waals surface area (Å²) in [4.78, 5) is 0. The first kappa shape index (κ1) is 14.5. The van der Waals surface area contributed by atoms with Gasteiger partial charge in [-0.25, -0.2) is 5.11 Å². The predicted molar refractivity (Wildman–Crippen MR) is 65.2 cm³/mol. The van der Waals surface area contributed by atoms with Crippen LogP contribution < -0.4 is 0 Å². The van der Waals surface area contributed by atoms with Gasteiger partial charge in [-0.1, -0.05) is 39.0 Å². The van der Waals surface area contributed by atoms with Crippen molar-refractivity contribution in [2.75, 3.05) is 6.61 Å². The van der Waals surface area contributed by atoms with Gasteiger partial charge >= 0.3 is 0 Å². The van der Waals surface area contributed by atoms with E-state index >= 15 is 0 Å². The van der Waals surface area contributed by atoms with E-state index in [-0.39, 0.29) is 6.61 Å². The van der Waals surface area contributed by atoms with Gasteiger partial charge < -0.3 is 0 Å². The van der Waals surface area contributed by atoms with E-state index in [1.807, 2.05) is 0 Å². The lowest BCUT2D eigenvalue weighted by atomic mass is 10.1. The molecule has 15 heavy (non-hydrogen) atoms. The fourth-order valence-corrected chi connectivity index (χ4v) is 1.46. The van der Waals surface area contributed by atoms with Crippen LogP contribution in [0.15, 0.2) is 0 Å². The second kappa shape index (κ2) is 13.5. The van der Waals surface area contributed by atoms with Crippen molar-refractivity contribution in [3.63, 3.8) is 0 Å². The Labute approximate surface area is 95.3 Å². The molecule has 0 N–H and O–H groups in total. The van der Waals surface area contributed by atoms with E-state index in [2.05, 4.69) is 18.8 Å². The molecule has 0 aromatic carbocycles. The maximum atomic E-state index is 10.2. The minimum Gasteiger partial charge on any atom is -0.237 e. The number of rotatable bonds is 9. The second-order valence-corrected chi connectivity index (χ2v) is 4.03. The van der Waals surface area contributed by atoms with Crippen LogP contribution in [0.5, 0.6) is 0 Å². The molecule has 0 aromatic heterocycles. The van der Waals surface area contributed by atoms with Gasteiger partial charge in [-0.3, -0.25) is 0 Å². The minimum absolute atomic E-state index is 0.100. The zero-order chi connectivity index (χ0) is 11.2. The molecule has 1 nitrogen and oxygen atoms in total. The summed E-state index contributed by atoms with van der Waals surface area (Å²) in [6.07, 6.45) is 11.6. The van der Waals surface area contributed by atoms with E-state index in [1.54, 1.807) is 0 Å². The van der Waals surface area contributed by atoms with Crippen LogP contribution >= 0.6 is 0 Å². The molecule has 0 aromatic rings. The van der Waals surface area contributed by atoms with E-state index in [9.17, 15) is 5.11 Å². The molecule has 87 valence electrons. The topological polar surface area (TPSA) is 19.9 Å². The first-order valence-electron chi connectivity index (χ1n) is 6.45. The fraction of sp³-hybridized carbons (Fsp3) is 0.857. The van der Waals surface area contributed by atoms with Gasteiger partial charge in [0.25, 0.3) is 0 Å². The molecule has 0 unspecified atom stereocenters. The molecule has 0 amide bonds. The first-order valence-corrected chi connectivity index (χ1v) is 6.45. The summed E-state index contributed by atoms with van der Waals surface area (Å²) in [6.45, 7) is 2.30.